The monoisotopic (exact) mass is 297 g/mol. The molecule has 3 nitrogen and oxygen atoms in total. The molecule has 2 unspecified atom stereocenters. The van der Waals surface area contributed by atoms with Gasteiger partial charge >= 0.3 is 0 Å². The van der Waals surface area contributed by atoms with Crippen molar-refractivity contribution in [2.24, 2.45) is 0 Å². The Kier molecular flexibility index (Phi) is 7.33. The third-order valence-electron chi connectivity index (χ3n) is 2.91. The van der Waals surface area contributed by atoms with Gasteiger partial charge in [0.25, 0.3) is 0 Å². The maximum Gasteiger partial charge on any atom is 0.224 e. The lowest BCUT2D eigenvalue weighted by Crippen LogP contribution is -2.40. The molecule has 0 saturated heterocycles. The number of hydrogen-bond donors (Lipinski definition) is 2. The summed E-state index contributed by atoms with van der Waals surface area (Å²) in [6.07, 6.45) is 5.68. The maximum atomic E-state index is 12.7. The van der Waals surface area contributed by atoms with Gasteiger partial charge in [0.1, 0.15) is 5.82 Å². The van der Waals surface area contributed by atoms with E-state index in [0.717, 1.165) is 5.56 Å². The maximum absolute atomic E-state index is 12.7. The lowest BCUT2D eigenvalue weighted by molar-refractivity contribution is -0.120. The summed E-state index contributed by atoms with van der Waals surface area (Å²) in [6.45, 7) is 1.91. The van der Waals surface area contributed by atoms with Gasteiger partial charge in [-0.3, -0.25) is 4.79 Å². The van der Waals surface area contributed by atoms with Gasteiger partial charge in [-0.2, -0.15) is 11.8 Å². The number of thioether (sulfide) groups is 1. The van der Waals surface area contributed by atoms with Gasteiger partial charge in [0.05, 0.1) is 6.61 Å². The van der Waals surface area contributed by atoms with Crippen molar-refractivity contribution in [3.8, 4) is 0 Å². The topological polar surface area (TPSA) is 49.3 Å². The first-order valence-corrected chi connectivity index (χ1v) is 7.70. The van der Waals surface area contributed by atoms with Gasteiger partial charge in [-0.25, -0.2) is 4.39 Å². The van der Waals surface area contributed by atoms with Crippen molar-refractivity contribution in [2.45, 2.75) is 24.6 Å². The number of nitrogens with one attached hydrogen (secondary N) is 1. The largest absolute Gasteiger partial charge is 0.395 e. The number of carbonyl (C=O) groups is 1. The van der Waals surface area contributed by atoms with E-state index >= 15 is 0 Å². The fourth-order valence-electron chi connectivity index (χ4n) is 1.72. The normalized spacial score (nSPS) is 14.2. The summed E-state index contributed by atoms with van der Waals surface area (Å²) in [5.41, 5.74) is 0.851. The summed E-state index contributed by atoms with van der Waals surface area (Å²) in [4.78, 5) is 11.7. The van der Waals surface area contributed by atoms with Crippen LogP contribution in [0.3, 0.4) is 0 Å². The molecule has 0 radical (unpaired) electrons. The third-order valence-corrected chi connectivity index (χ3v) is 4.08. The Bertz CT molecular complexity index is 444. The highest BCUT2D eigenvalue weighted by atomic mass is 32.2. The standard InChI is InChI=1S/C15H20FNO2S/c1-11(14(10-18)20-2)17-15(19)5-3-4-12-6-8-13(16)9-7-12/h3-4,6-9,11,14,18H,5,10H2,1-2H3,(H,17,19)/b4-3+. The van der Waals surface area contributed by atoms with E-state index in [1.54, 1.807) is 24.3 Å². The first-order valence-electron chi connectivity index (χ1n) is 6.42. The summed E-state index contributed by atoms with van der Waals surface area (Å²) >= 11 is 1.52. The zero-order chi connectivity index (χ0) is 15.0. The third kappa shape index (κ3) is 5.75. The van der Waals surface area contributed by atoms with Crippen LogP contribution < -0.4 is 5.32 Å². The average Bonchev–Trinajstić information content (AvgIpc) is 2.42. The second-order valence-electron chi connectivity index (χ2n) is 4.47. The molecule has 5 heteroatoms. The Morgan fingerprint density at radius 2 is 2.10 bits per heavy atom. The van der Waals surface area contributed by atoms with Gasteiger partial charge in [-0.05, 0) is 30.9 Å². The molecule has 110 valence electrons. The van der Waals surface area contributed by atoms with Crippen LogP contribution in [0.5, 0.6) is 0 Å². The summed E-state index contributed by atoms with van der Waals surface area (Å²) in [5.74, 6) is -0.371. The molecule has 20 heavy (non-hydrogen) atoms. The second kappa shape index (κ2) is 8.76. The molecular formula is C15H20FNO2S. The minimum atomic E-state index is -0.277. The van der Waals surface area contributed by atoms with E-state index in [1.807, 2.05) is 13.2 Å². The average molecular weight is 297 g/mol. The highest BCUT2D eigenvalue weighted by molar-refractivity contribution is 7.99. The molecule has 1 amide bonds. The molecule has 0 heterocycles. The zero-order valence-corrected chi connectivity index (χ0v) is 12.5. The van der Waals surface area contributed by atoms with Crippen LogP contribution in [-0.2, 0) is 4.79 Å². The molecule has 1 aromatic rings. The summed E-state index contributed by atoms with van der Waals surface area (Å²) in [6, 6.07) is 5.99. The van der Waals surface area contributed by atoms with Crippen LogP contribution in [0.15, 0.2) is 30.3 Å². The predicted molar refractivity (Wildman–Crippen MR) is 82.0 cm³/mol. The van der Waals surface area contributed by atoms with Gasteiger partial charge in [-0.1, -0.05) is 24.3 Å². The van der Waals surface area contributed by atoms with E-state index in [-0.39, 0.29) is 36.0 Å². The summed E-state index contributed by atoms with van der Waals surface area (Å²) in [5, 5.41) is 12.0. The van der Waals surface area contributed by atoms with Crippen molar-refractivity contribution >= 4 is 23.7 Å². The van der Waals surface area contributed by atoms with Crippen LogP contribution in [0.1, 0.15) is 18.9 Å². The van der Waals surface area contributed by atoms with E-state index in [9.17, 15) is 9.18 Å². The van der Waals surface area contributed by atoms with Crippen molar-refractivity contribution < 1.29 is 14.3 Å². The number of aliphatic hydroxyl groups is 1. The van der Waals surface area contributed by atoms with Crippen LogP contribution in [0.2, 0.25) is 0 Å². The van der Waals surface area contributed by atoms with Crippen LogP contribution >= 0.6 is 11.8 Å². The fourth-order valence-corrected chi connectivity index (χ4v) is 2.34. The first kappa shape index (κ1) is 16.7. The Balaban J connectivity index is 2.41. The van der Waals surface area contributed by atoms with Crippen molar-refractivity contribution in [2.75, 3.05) is 12.9 Å². The molecule has 0 bridgehead atoms. The molecule has 0 saturated carbocycles. The first-order chi connectivity index (χ1) is 9.56. The molecular weight excluding hydrogens is 277 g/mol. The fraction of sp³-hybridized carbons (Fsp3) is 0.400. The molecule has 2 N–H and O–H groups in total. The molecule has 0 fully saturated rings. The SMILES string of the molecule is CSC(CO)C(C)NC(=O)C/C=C/c1ccc(F)cc1. The number of halogens is 1. The number of aliphatic hydroxyl groups excluding tert-OH is 1. The van der Waals surface area contributed by atoms with Gasteiger partial charge in [0.15, 0.2) is 0 Å². The molecule has 0 aliphatic carbocycles. The molecule has 1 aromatic carbocycles. The van der Waals surface area contributed by atoms with Crippen LogP contribution in [0.4, 0.5) is 4.39 Å². The number of amides is 1. The lowest BCUT2D eigenvalue weighted by Gasteiger charge is -2.20. The number of hydrogen-bond acceptors (Lipinski definition) is 3. The highest BCUT2D eigenvalue weighted by Gasteiger charge is 2.16. The van der Waals surface area contributed by atoms with Gasteiger partial charge in [0, 0.05) is 17.7 Å². The van der Waals surface area contributed by atoms with Gasteiger partial charge < -0.3 is 10.4 Å². The molecule has 0 aliphatic heterocycles. The molecule has 0 aliphatic rings. The lowest BCUT2D eigenvalue weighted by atomic mass is 10.2. The molecule has 0 aromatic heterocycles. The van der Waals surface area contributed by atoms with Crippen LogP contribution in [-0.4, -0.2) is 35.2 Å². The van der Waals surface area contributed by atoms with Crippen molar-refractivity contribution in [3.63, 3.8) is 0 Å². The highest BCUT2D eigenvalue weighted by Crippen LogP contribution is 2.10. The molecule has 0 spiro atoms. The van der Waals surface area contributed by atoms with Crippen LogP contribution in [0.25, 0.3) is 6.08 Å². The Labute approximate surface area is 123 Å². The van der Waals surface area contributed by atoms with Crippen molar-refractivity contribution in [1.29, 1.82) is 0 Å². The molecule has 1 rings (SSSR count). The second-order valence-corrected chi connectivity index (χ2v) is 5.55. The van der Waals surface area contributed by atoms with E-state index in [2.05, 4.69) is 5.32 Å². The van der Waals surface area contributed by atoms with E-state index in [0.29, 0.717) is 0 Å². The van der Waals surface area contributed by atoms with Crippen LogP contribution in [0, 0.1) is 5.82 Å². The zero-order valence-electron chi connectivity index (χ0n) is 11.7. The Hall–Kier alpha value is -1.33. The minimum absolute atomic E-state index is 0.0000261. The molecule has 2 atom stereocenters. The number of benzene rings is 1. The van der Waals surface area contributed by atoms with E-state index in [4.69, 9.17) is 5.11 Å². The van der Waals surface area contributed by atoms with Crippen molar-refractivity contribution in [1.82, 2.24) is 5.32 Å². The van der Waals surface area contributed by atoms with Gasteiger partial charge in [-0.15, -0.1) is 0 Å². The van der Waals surface area contributed by atoms with Crippen molar-refractivity contribution in [3.05, 3.63) is 41.7 Å². The summed E-state index contributed by atoms with van der Waals surface area (Å²) in [7, 11) is 0. The number of rotatable bonds is 7. The smallest absolute Gasteiger partial charge is 0.224 e. The quantitative estimate of drug-likeness (QED) is 0.813. The Morgan fingerprint density at radius 3 is 2.65 bits per heavy atom. The van der Waals surface area contributed by atoms with Gasteiger partial charge in [0.2, 0.25) is 5.91 Å². The Morgan fingerprint density at radius 1 is 1.45 bits per heavy atom. The van der Waals surface area contributed by atoms with E-state index in [1.165, 1.54) is 23.9 Å². The predicted octanol–water partition coefficient (Wildman–Crippen LogP) is 2.46. The summed E-state index contributed by atoms with van der Waals surface area (Å²) < 4.78 is 12.7. The number of carbonyl (C=O) groups excluding carboxylic acids is 1. The van der Waals surface area contributed by atoms with E-state index < -0.39 is 0 Å². The minimum Gasteiger partial charge on any atom is -0.395 e.